The zero-order valence-electron chi connectivity index (χ0n) is 28.3. The largest absolute Gasteiger partial charge is 0.508 e. The number of ether oxygens (including phenoxy) is 3. The molecule has 1 aliphatic carbocycles. The van der Waals surface area contributed by atoms with Crippen LogP contribution in [-0.2, 0) is 9.47 Å². The van der Waals surface area contributed by atoms with Crippen molar-refractivity contribution < 1.29 is 28.1 Å². The molecule has 3 saturated heterocycles. The molecule has 50 heavy (non-hydrogen) atoms. The summed E-state index contributed by atoms with van der Waals surface area (Å²) < 4.78 is 49.9. The third-order valence-corrected chi connectivity index (χ3v) is 11.3. The van der Waals surface area contributed by atoms with Crippen molar-refractivity contribution in [2.24, 2.45) is 11.3 Å². The van der Waals surface area contributed by atoms with E-state index in [0.29, 0.717) is 66.8 Å². The average molecular weight is 684 g/mol. The number of rotatable bonds is 7. The van der Waals surface area contributed by atoms with Crippen molar-refractivity contribution in [1.82, 2.24) is 19.9 Å². The van der Waals surface area contributed by atoms with E-state index in [1.54, 1.807) is 6.20 Å². The van der Waals surface area contributed by atoms with E-state index in [4.69, 9.17) is 30.6 Å². The lowest BCUT2D eigenvalue weighted by atomic mass is 9.75. The van der Waals surface area contributed by atoms with E-state index in [9.17, 15) is 9.50 Å². The lowest BCUT2D eigenvalue weighted by molar-refractivity contribution is -0.0261. The number of phenols is 1. The molecule has 11 heteroatoms. The van der Waals surface area contributed by atoms with Crippen molar-refractivity contribution in [2.45, 2.75) is 57.4 Å². The van der Waals surface area contributed by atoms with Gasteiger partial charge in [-0.05, 0) is 81.0 Å². The van der Waals surface area contributed by atoms with Gasteiger partial charge in [0.05, 0.1) is 30.8 Å². The topological polar surface area (TPSA) is 93.1 Å². The zero-order valence-corrected chi connectivity index (χ0v) is 28.3. The second kappa shape index (κ2) is 13.9. The van der Waals surface area contributed by atoms with E-state index < -0.39 is 11.6 Å². The molecule has 8 rings (SSSR count). The Hall–Kier alpha value is -4.11. The lowest BCUT2D eigenvalue weighted by Gasteiger charge is -2.47. The van der Waals surface area contributed by atoms with Crippen molar-refractivity contribution in [1.29, 1.82) is 0 Å². The number of halogens is 2. The van der Waals surface area contributed by atoms with E-state index in [1.807, 2.05) is 0 Å². The summed E-state index contributed by atoms with van der Waals surface area (Å²) in [5, 5.41) is 11.8. The van der Waals surface area contributed by atoms with Crippen LogP contribution in [0.1, 0.15) is 56.9 Å². The summed E-state index contributed by atoms with van der Waals surface area (Å²) in [4.78, 5) is 18.9. The van der Waals surface area contributed by atoms with Gasteiger partial charge in [0.1, 0.15) is 28.6 Å². The Bertz CT molecular complexity index is 1940. The Morgan fingerprint density at radius 3 is 2.74 bits per heavy atom. The molecule has 4 aliphatic rings. The molecule has 4 aromatic rings. The third-order valence-electron chi connectivity index (χ3n) is 11.3. The molecular formula is C39H43F2N5O4. The van der Waals surface area contributed by atoms with Crippen LogP contribution in [0.2, 0.25) is 0 Å². The first-order chi connectivity index (χ1) is 24.4. The van der Waals surface area contributed by atoms with Crippen LogP contribution in [0, 0.1) is 35.3 Å². The Morgan fingerprint density at radius 2 is 1.88 bits per heavy atom. The smallest absolute Gasteiger partial charge is 0.319 e. The minimum absolute atomic E-state index is 0.0270. The highest BCUT2D eigenvalue weighted by atomic mass is 19.1. The molecule has 2 aromatic carbocycles. The third kappa shape index (κ3) is 6.12. The van der Waals surface area contributed by atoms with Gasteiger partial charge in [0.2, 0.25) is 0 Å². The average Bonchev–Trinajstić information content (AvgIpc) is 3.38. The maximum Gasteiger partial charge on any atom is 0.319 e. The molecule has 0 radical (unpaired) electrons. The molecule has 0 spiro atoms. The number of hydrogen-bond acceptors (Lipinski definition) is 9. The number of aromatic nitrogens is 3. The van der Waals surface area contributed by atoms with E-state index in [0.717, 1.165) is 71.2 Å². The second-order valence-corrected chi connectivity index (χ2v) is 14.4. The molecule has 0 amide bonds. The minimum Gasteiger partial charge on any atom is -0.508 e. The van der Waals surface area contributed by atoms with Gasteiger partial charge < -0.3 is 24.2 Å². The molecule has 5 heterocycles. The van der Waals surface area contributed by atoms with Crippen molar-refractivity contribution in [2.75, 3.05) is 64.1 Å². The summed E-state index contributed by atoms with van der Waals surface area (Å²) in [5.74, 6) is 2.04. The minimum atomic E-state index is -0.725. The number of benzene rings is 2. The van der Waals surface area contributed by atoms with Gasteiger partial charge in [-0.2, -0.15) is 9.97 Å². The van der Waals surface area contributed by atoms with E-state index >= 15 is 4.39 Å². The number of piperidine rings is 1. The fourth-order valence-electron chi connectivity index (χ4n) is 8.95. The number of phenolic OH excluding ortho intramolecular Hbond substituents is 1. The first kappa shape index (κ1) is 33.1. The second-order valence-electron chi connectivity index (χ2n) is 14.4. The number of aromatic hydroxyl groups is 1. The number of terminal acetylenes is 1. The molecule has 9 nitrogen and oxygen atoms in total. The molecule has 1 N–H and O–H groups in total. The number of pyridine rings is 1. The maximum atomic E-state index is 16.9. The van der Waals surface area contributed by atoms with Gasteiger partial charge in [0, 0.05) is 61.5 Å². The lowest BCUT2D eigenvalue weighted by Crippen LogP contribution is -2.53. The van der Waals surface area contributed by atoms with Gasteiger partial charge in [-0.25, -0.2) is 8.78 Å². The summed E-state index contributed by atoms with van der Waals surface area (Å²) in [5.41, 5.74) is 0.0632. The van der Waals surface area contributed by atoms with Crippen LogP contribution in [0.25, 0.3) is 32.9 Å². The monoisotopic (exact) mass is 683 g/mol. The van der Waals surface area contributed by atoms with Crippen molar-refractivity contribution in [3.05, 3.63) is 47.7 Å². The molecule has 3 atom stereocenters. The van der Waals surface area contributed by atoms with Crippen molar-refractivity contribution in [3.63, 3.8) is 0 Å². The molecule has 0 bridgehead atoms. The Morgan fingerprint density at radius 1 is 1.00 bits per heavy atom. The van der Waals surface area contributed by atoms with Gasteiger partial charge in [-0.1, -0.05) is 18.4 Å². The van der Waals surface area contributed by atoms with Crippen LogP contribution in [0.5, 0.6) is 11.8 Å². The van der Waals surface area contributed by atoms with Gasteiger partial charge in [-0.15, -0.1) is 6.42 Å². The fourth-order valence-corrected chi connectivity index (χ4v) is 8.95. The number of fused-ring (bicyclic) bond motifs is 3. The number of hydrogen-bond donors (Lipinski definition) is 1. The van der Waals surface area contributed by atoms with Gasteiger partial charge in [0.25, 0.3) is 0 Å². The molecule has 2 aromatic heterocycles. The first-order valence-corrected chi connectivity index (χ1v) is 18.0. The first-order valence-electron chi connectivity index (χ1n) is 18.0. The van der Waals surface area contributed by atoms with E-state index in [-0.39, 0.29) is 39.5 Å². The molecule has 3 aliphatic heterocycles. The number of anilines is 1. The Balaban J connectivity index is 1.18. The van der Waals surface area contributed by atoms with E-state index in [1.165, 1.54) is 30.7 Å². The van der Waals surface area contributed by atoms with Crippen LogP contribution in [0.4, 0.5) is 14.6 Å². The predicted molar refractivity (Wildman–Crippen MR) is 187 cm³/mol. The standard InChI is InChI=1S/C39H43F2N5O4/c1-2-28-31(40)10-9-26-19-27(47)20-29(33(26)28)35-34(41)36-30(21-42-35)37(45-14-6-17-48-18-15-45)44-38(43-36)50-24-39-11-3-8-32(39)46(13-5-12-39)22-25-7-4-16-49-23-25/h1,9-10,19-21,25,32,47H,3-8,11-18,22-24H2/t25?,32?,39-/m1/s1. The molecule has 4 fully saturated rings. The molecule has 2 unspecified atom stereocenters. The van der Waals surface area contributed by atoms with Crippen LogP contribution in [-0.4, -0.2) is 90.2 Å². The molecular weight excluding hydrogens is 640 g/mol. The summed E-state index contributed by atoms with van der Waals surface area (Å²) >= 11 is 0. The van der Waals surface area contributed by atoms with Gasteiger partial charge in [0.15, 0.2) is 5.82 Å². The summed E-state index contributed by atoms with van der Waals surface area (Å²) in [6, 6.07) is 6.10. The van der Waals surface area contributed by atoms with Gasteiger partial charge >= 0.3 is 6.01 Å². The SMILES string of the molecule is C#Cc1c(F)ccc2cc(O)cc(-c3ncc4c(N5CCCOCC5)nc(OC[C@]56CCCC5N(CC5CCCOC5)CCC6)nc4c3F)c12. The van der Waals surface area contributed by atoms with Gasteiger partial charge in [-0.3, -0.25) is 9.88 Å². The number of likely N-dealkylation sites (tertiary alicyclic amines) is 1. The Labute approximate surface area is 291 Å². The summed E-state index contributed by atoms with van der Waals surface area (Å²) in [7, 11) is 0. The zero-order chi connectivity index (χ0) is 34.2. The summed E-state index contributed by atoms with van der Waals surface area (Å²) in [6.45, 7) is 6.67. The number of nitrogens with zero attached hydrogens (tertiary/aromatic N) is 5. The van der Waals surface area contributed by atoms with E-state index in [2.05, 4.69) is 20.7 Å². The molecule has 262 valence electrons. The van der Waals surface area contributed by atoms with Crippen LogP contribution < -0.4 is 9.64 Å². The highest BCUT2D eigenvalue weighted by Gasteiger charge is 2.49. The van der Waals surface area contributed by atoms with Crippen LogP contribution >= 0.6 is 0 Å². The highest BCUT2D eigenvalue weighted by Crippen LogP contribution is 2.48. The fraction of sp³-hybridized carbons (Fsp3) is 0.513. The van der Waals surface area contributed by atoms with Crippen molar-refractivity contribution >= 4 is 27.5 Å². The molecule has 1 saturated carbocycles. The normalized spacial score (nSPS) is 24.6. The van der Waals surface area contributed by atoms with Crippen LogP contribution in [0.3, 0.4) is 0 Å². The maximum absolute atomic E-state index is 16.9. The Kier molecular flexibility index (Phi) is 9.19. The summed E-state index contributed by atoms with van der Waals surface area (Å²) in [6.07, 6.45) is 15.9. The van der Waals surface area contributed by atoms with Crippen LogP contribution in [0.15, 0.2) is 30.5 Å². The van der Waals surface area contributed by atoms with Crippen molar-refractivity contribution in [3.8, 4) is 35.4 Å². The highest BCUT2D eigenvalue weighted by molar-refractivity contribution is 6.03. The predicted octanol–water partition coefficient (Wildman–Crippen LogP) is 6.48. The quantitative estimate of drug-likeness (QED) is 0.220.